The quantitative estimate of drug-likeness (QED) is 0.609. The fourth-order valence-corrected chi connectivity index (χ4v) is 2.74. The molecule has 2 N–H and O–H groups in total. The number of hydrogen-bond donors (Lipinski definition) is 2. The van der Waals surface area contributed by atoms with Crippen LogP contribution in [0.25, 0.3) is 0 Å². The Morgan fingerprint density at radius 1 is 1.07 bits per heavy atom. The van der Waals surface area contributed by atoms with Crippen molar-refractivity contribution in [3.05, 3.63) is 59.2 Å². The predicted molar refractivity (Wildman–Crippen MR) is 104 cm³/mol. The molecule has 0 fully saturated rings. The molecule has 150 valence electrons. The first-order chi connectivity index (χ1) is 13.5. The van der Waals surface area contributed by atoms with Crippen LogP contribution in [0, 0.1) is 0 Å². The first-order valence-electron chi connectivity index (χ1n) is 8.86. The number of amides is 1. The molecule has 0 saturated carbocycles. The summed E-state index contributed by atoms with van der Waals surface area (Å²) in [5.74, 6) is -0.158. The van der Waals surface area contributed by atoms with Crippen LogP contribution in [0.15, 0.2) is 42.5 Å². The molecular weight excluding hydrogens is 362 g/mol. The Bertz CT molecular complexity index is 820. The predicted octanol–water partition coefficient (Wildman–Crippen LogP) is 2.84. The Morgan fingerprint density at radius 2 is 1.82 bits per heavy atom. The number of aromatic carboxylic acids is 1. The molecule has 0 bridgehead atoms. The topological polar surface area (TPSA) is 94.1 Å². The van der Waals surface area contributed by atoms with Crippen LogP contribution in [-0.2, 0) is 16.0 Å². The summed E-state index contributed by atoms with van der Waals surface area (Å²) in [6.45, 7) is 2.72. The van der Waals surface area contributed by atoms with Crippen LogP contribution in [0.2, 0.25) is 0 Å². The average Bonchev–Trinajstić information content (AvgIpc) is 2.68. The molecule has 7 nitrogen and oxygen atoms in total. The molecule has 2 aromatic carbocycles. The van der Waals surface area contributed by atoms with Gasteiger partial charge in [0.25, 0.3) is 0 Å². The van der Waals surface area contributed by atoms with E-state index in [2.05, 4.69) is 5.32 Å². The van der Waals surface area contributed by atoms with Gasteiger partial charge in [-0.1, -0.05) is 24.3 Å². The van der Waals surface area contributed by atoms with Gasteiger partial charge in [-0.3, -0.25) is 4.79 Å². The highest BCUT2D eigenvalue weighted by molar-refractivity contribution is 5.91. The Kier molecular flexibility index (Phi) is 7.83. The summed E-state index contributed by atoms with van der Waals surface area (Å²) >= 11 is 0. The second kappa shape index (κ2) is 10.3. The fraction of sp³-hybridized carbons (Fsp3) is 0.333. The third kappa shape index (κ3) is 5.72. The van der Waals surface area contributed by atoms with E-state index >= 15 is 0 Å². The number of methoxy groups -OCH3 is 2. The highest BCUT2D eigenvalue weighted by Gasteiger charge is 2.16. The molecule has 0 heterocycles. The summed E-state index contributed by atoms with van der Waals surface area (Å²) < 4.78 is 15.9. The number of ether oxygens (including phenoxy) is 3. The number of carbonyl (C=O) groups excluding carboxylic acids is 1. The van der Waals surface area contributed by atoms with Crippen molar-refractivity contribution in [2.75, 3.05) is 27.4 Å². The van der Waals surface area contributed by atoms with Gasteiger partial charge in [0, 0.05) is 7.11 Å². The number of rotatable bonds is 10. The van der Waals surface area contributed by atoms with Crippen LogP contribution < -0.4 is 14.8 Å². The molecular formula is C21H25NO6. The summed E-state index contributed by atoms with van der Waals surface area (Å²) in [6.07, 6.45) is -0.0117. The molecule has 1 amide bonds. The van der Waals surface area contributed by atoms with Gasteiger partial charge >= 0.3 is 5.97 Å². The van der Waals surface area contributed by atoms with E-state index in [-0.39, 0.29) is 23.9 Å². The minimum atomic E-state index is -1.05. The van der Waals surface area contributed by atoms with Crippen molar-refractivity contribution in [2.45, 2.75) is 19.4 Å². The van der Waals surface area contributed by atoms with Crippen LogP contribution in [0.1, 0.15) is 34.5 Å². The maximum Gasteiger partial charge on any atom is 0.335 e. The van der Waals surface area contributed by atoms with Crippen LogP contribution in [0.5, 0.6) is 11.5 Å². The first kappa shape index (κ1) is 21.2. The van der Waals surface area contributed by atoms with Crippen LogP contribution >= 0.6 is 0 Å². The monoisotopic (exact) mass is 387 g/mol. The zero-order chi connectivity index (χ0) is 20.5. The smallest absolute Gasteiger partial charge is 0.335 e. The highest BCUT2D eigenvalue weighted by Crippen LogP contribution is 2.30. The maximum atomic E-state index is 12.4. The normalized spacial score (nSPS) is 11.5. The molecule has 0 saturated heterocycles. The third-order valence-corrected chi connectivity index (χ3v) is 4.21. The van der Waals surface area contributed by atoms with Gasteiger partial charge in [0.15, 0.2) is 11.5 Å². The molecule has 0 aromatic heterocycles. The molecule has 0 radical (unpaired) electrons. The highest BCUT2D eigenvalue weighted by atomic mass is 16.5. The van der Waals surface area contributed by atoms with E-state index in [0.717, 1.165) is 5.56 Å². The molecule has 7 heteroatoms. The lowest BCUT2D eigenvalue weighted by Gasteiger charge is -2.17. The van der Waals surface area contributed by atoms with Gasteiger partial charge in [0.1, 0.15) is 6.61 Å². The van der Waals surface area contributed by atoms with Crippen LogP contribution in [0.3, 0.4) is 0 Å². The van der Waals surface area contributed by atoms with Crippen molar-refractivity contribution in [3.8, 4) is 11.5 Å². The first-order valence-corrected chi connectivity index (χ1v) is 8.86. The van der Waals surface area contributed by atoms with E-state index < -0.39 is 5.97 Å². The summed E-state index contributed by atoms with van der Waals surface area (Å²) in [4.78, 5) is 23.7. The second-order valence-electron chi connectivity index (χ2n) is 6.18. The molecule has 2 rings (SSSR count). The number of benzene rings is 2. The lowest BCUT2D eigenvalue weighted by molar-refractivity contribution is -0.121. The number of carbonyl (C=O) groups is 2. The van der Waals surface area contributed by atoms with E-state index in [0.29, 0.717) is 30.3 Å². The minimum absolute atomic E-state index is 0.0117. The van der Waals surface area contributed by atoms with Gasteiger partial charge < -0.3 is 24.6 Å². The molecule has 28 heavy (non-hydrogen) atoms. The van der Waals surface area contributed by atoms with Gasteiger partial charge in [-0.15, -0.1) is 0 Å². The van der Waals surface area contributed by atoms with E-state index in [4.69, 9.17) is 14.2 Å². The molecule has 0 aliphatic carbocycles. The molecule has 0 spiro atoms. The SMILES string of the molecule is COCCOc1ccc(C(C)NC(=O)Cc2ccccc2C(=O)O)cc1OC. The second-order valence-corrected chi connectivity index (χ2v) is 6.18. The van der Waals surface area contributed by atoms with Gasteiger partial charge in [0.05, 0.1) is 31.7 Å². The maximum absolute atomic E-state index is 12.4. The lowest BCUT2D eigenvalue weighted by Crippen LogP contribution is -2.28. The summed E-state index contributed by atoms with van der Waals surface area (Å²) in [6, 6.07) is 11.6. The lowest BCUT2D eigenvalue weighted by atomic mass is 10.0. The average molecular weight is 387 g/mol. The largest absolute Gasteiger partial charge is 0.493 e. The van der Waals surface area contributed by atoms with Crippen molar-refractivity contribution in [2.24, 2.45) is 0 Å². The van der Waals surface area contributed by atoms with Crippen molar-refractivity contribution in [3.63, 3.8) is 0 Å². The van der Waals surface area contributed by atoms with Crippen LogP contribution in [-0.4, -0.2) is 44.4 Å². The Labute approximate surface area is 164 Å². The fourth-order valence-electron chi connectivity index (χ4n) is 2.74. The zero-order valence-corrected chi connectivity index (χ0v) is 16.2. The number of carboxylic acids is 1. The number of hydrogen-bond acceptors (Lipinski definition) is 5. The number of carboxylic acid groups (broad SMARTS) is 1. The van der Waals surface area contributed by atoms with E-state index in [1.54, 1.807) is 44.6 Å². The van der Waals surface area contributed by atoms with Crippen molar-refractivity contribution in [1.29, 1.82) is 0 Å². The summed E-state index contributed by atoms with van der Waals surface area (Å²) in [7, 11) is 3.15. The Hall–Kier alpha value is -3.06. The summed E-state index contributed by atoms with van der Waals surface area (Å²) in [5, 5.41) is 12.1. The van der Waals surface area contributed by atoms with Crippen molar-refractivity contribution >= 4 is 11.9 Å². The van der Waals surface area contributed by atoms with E-state index in [9.17, 15) is 14.7 Å². The van der Waals surface area contributed by atoms with Crippen molar-refractivity contribution < 1.29 is 28.9 Å². The Morgan fingerprint density at radius 3 is 2.50 bits per heavy atom. The summed E-state index contributed by atoms with van der Waals surface area (Å²) in [5.41, 5.74) is 1.44. The van der Waals surface area contributed by atoms with Crippen molar-refractivity contribution in [1.82, 2.24) is 5.32 Å². The molecule has 0 aliphatic rings. The molecule has 2 aromatic rings. The van der Waals surface area contributed by atoms with Gasteiger partial charge in [0.2, 0.25) is 5.91 Å². The minimum Gasteiger partial charge on any atom is -0.493 e. The van der Waals surface area contributed by atoms with E-state index in [1.165, 1.54) is 6.07 Å². The Balaban J connectivity index is 2.05. The van der Waals surface area contributed by atoms with Gasteiger partial charge in [-0.05, 0) is 36.2 Å². The number of nitrogens with one attached hydrogen (secondary N) is 1. The third-order valence-electron chi connectivity index (χ3n) is 4.21. The zero-order valence-electron chi connectivity index (χ0n) is 16.2. The van der Waals surface area contributed by atoms with Crippen LogP contribution in [0.4, 0.5) is 0 Å². The standard InChI is InChI=1S/C21H25NO6/c1-14(15-8-9-18(19(12-15)27-3)28-11-10-26-2)22-20(23)13-16-6-4-5-7-17(16)21(24)25/h4-9,12,14H,10-11,13H2,1-3H3,(H,22,23)(H,24,25). The molecule has 1 unspecified atom stereocenters. The van der Waals surface area contributed by atoms with E-state index in [1.807, 2.05) is 13.0 Å². The van der Waals surface area contributed by atoms with Gasteiger partial charge in [-0.25, -0.2) is 4.79 Å². The molecule has 1 atom stereocenters. The molecule has 0 aliphatic heterocycles. The van der Waals surface area contributed by atoms with Gasteiger partial charge in [-0.2, -0.15) is 0 Å².